The number of carbonyl (C=O) groups excluding carboxylic acids is 1. The molecule has 0 aliphatic carbocycles. The topological polar surface area (TPSA) is 63.7 Å². The first kappa shape index (κ1) is 13.2. The van der Waals surface area contributed by atoms with Gasteiger partial charge in [0.2, 0.25) is 10.0 Å². The van der Waals surface area contributed by atoms with E-state index in [4.69, 9.17) is 4.74 Å². The Labute approximate surface area is 106 Å². The lowest BCUT2D eigenvalue weighted by Crippen LogP contribution is -2.41. The van der Waals surface area contributed by atoms with Crippen molar-refractivity contribution in [2.45, 2.75) is 11.8 Å². The fourth-order valence-electron chi connectivity index (χ4n) is 1.91. The van der Waals surface area contributed by atoms with Crippen LogP contribution in [0.3, 0.4) is 0 Å². The minimum atomic E-state index is -3.61. The van der Waals surface area contributed by atoms with E-state index < -0.39 is 10.0 Å². The molecule has 0 bridgehead atoms. The molecule has 1 aliphatic heterocycles. The maximum atomic E-state index is 12.4. The first-order valence-electron chi connectivity index (χ1n) is 5.71. The average Bonchev–Trinajstić information content (AvgIpc) is 2.39. The highest BCUT2D eigenvalue weighted by Crippen LogP contribution is 2.21. The van der Waals surface area contributed by atoms with E-state index in [1.807, 2.05) is 0 Å². The molecule has 0 unspecified atom stereocenters. The molecule has 1 fully saturated rings. The Morgan fingerprint density at radius 2 is 1.83 bits per heavy atom. The van der Waals surface area contributed by atoms with E-state index in [-0.39, 0.29) is 16.2 Å². The number of ketones is 1. The average molecular weight is 269 g/mol. The summed E-state index contributed by atoms with van der Waals surface area (Å²) in [6.45, 7) is 2.81. The number of hydrogen-bond donors (Lipinski definition) is 0. The monoisotopic (exact) mass is 269 g/mol. The zero-order chi connectivity index (χ0) is 13.2. The van der Waals surface area contributed by atoms with Crippen molar-refractivity contribution in [1.29, 1.82) is 0 Å². The second-order valence-electron chi connectivity index (χ2n) is 4.07. The van der Waals surface area contributed by atoms with E-state index in [2.05, 4.69) is 0 Å². The van der Waals surface area contributed by atoms with Crippen molar-refractivity contribution in [2.75, 3.05) is 26.3 Å². The van der Waals surface area contributed by atoms with Gasteiger partial charge in [-0.1, -0.05) is 18.2 Å². The third-order valence-electron chi connectivity index (χ3n) is 2.85. The number of nitrogens with zero attached hydrogens (tertiary/aromatic N) is 1. The van der Waals surface area contributed by atoms with Crippen LogP contribution in [0.5, 0.6) is 0 Å². The molecular formula is C12H15NO4S. The molecule has 1 saturated heterocycles. The maximum absolute atomic E-state index is 12.4. The lowest BCUT2D eigenvalue weighted by molar-refractivity contribution is 0.0730. The predicted molar refractivity (Wildman–Crippen MR) is 66.0 cm³/mol. The molecule has 1 aromatic carbocycles. The normalized spacial score (nSPS) is 17.6. The highest BCUT2D eigenvalue weighted by atomic mass is 32.2. The van der Waals surface area contributed by atoms with Gasteiger partial charge in [0.15, 0.2) is 5.78 Å². The molecule has 0 radical (unpaired) electrons. The van der Waals surface area contributed by atoms with Crippen molar-refractivity contribution >= 4 is 15.8 Å². The van der Waals surface area contributed by atoms with Crippen LogP contribution < -0.4 is 0 Å². The molecule has 0 saturated carbocycles. The fraction of sp³-hybridized carbons (Fsp3) is 0.417. The van der Waals surface area contributed by atoms with Crippen LogP contribution in [0, 0.1) is 0 Å². The van der Waals surface area contributed by atoms with Crippen LogP contribution >= 0.6 is 0 Å². The summed E-state index contributed by atoms with van der Waals surface area (Å²) in [7, 11) is -3.61. The van der Waals surface area contributed by atoms with Crippen LogP contribution in [0.25, 0.3) is 0 Å². The van der Waals surface area contributed by atoms with Crippen LogP contribution in [0.4, 0.5) is 0 Å². The van der Waals surface area contributed by atoms with Crippen LogP contribution in [0.2, 0.25) is 0 Å². The van der Waals surface area contributed by atoms with Gasteiger partial charge in [0, 0.05) is 18.7 Å². The Hall–Kier alpha value is -1.24. The summed E-state index contributed by atoms with van der Waals surface area (Å²) in [6.07, 6.45) is 0. The Kier molecular flexibility index (Phi) is 3.79. The molecule has 0 atom stereocenters. The van der Waals surface area contributed by atoms with Crippen molar-refractivity contribution in [3.05, 3.63) is 29.8 Å². The van der Waals surface area contributed by atoms with Gasteiger partial charge >= 0.3 is 0 Å². The van der Waals surface area contributed by atoms with E-state index in [0.717, 1.165) is 0 Å². The van der Waals surface area contributed by atoms with Gasteiger partial charge < -0.3 is 4.74 Å². The van der Waals surface area contributed by atoms with Crippen molar-refractivity contribution in [1.82, 2.24) is 4.31 Å². The number of hydrogen-bond acceptors (Lipinski definition) is 4. The molecule has 6 heteroatoms. The van der Waals surface area contributed by atoms with Crippen molar-refractivity contribution in [3.63, 3.8) is 0 Å². The fourth-order valence-corrected chi connectivity index (χ4v) is 3.56. The third-order valence-corrected chi connectivity index (χ3v) is 4.81. The van der Waals surface area contributed by atoms with Gasteiger partial charge in [0.25, 0.3) is 0 Å². The molecule has 0 spiro atoms. The number of morpholine rings is 1. The zero-order valence-electron chi connectivity index (χ0n) is 10.1. The molecule has 0 N–H and O–H groups in total. The van der Waals surface area contributed by atoms with Gasteiger partial charge in [-0.25, -0.2) is 8.42 Å². The van der Waals surface area contributed by atoms with Gasteiger partial charge in [-0.2, -0.15) is 4.31 Å². The quantitative estimate of drug-likeness (QED) is 0.765. The summed E-state index contributed by atoms with van der Waals surface area (Å²) in [6, 6.07) is 6.30. The van der Waals surface area contributed by atoms with Crippen molar-refractivity contribution < 1.29 is 17.9 Å². The molecule has 5 nitrogen and oxygen atoms in total. The highest BCUT2D eigenvalue weighted by Gasteiger charge is 2.29. The zero-order valence-corrected chi connectivity index (χ0v) is 10.9. The van der Waals surface area contributed by atoms with Crippen LogP contribution in [-0.4, -0.2) is 44.8 Å². The van der Waals surface area contributed by atoms with E-state index in [9.17, 15) is 13.2 Å². The first-order valence-corrected chi connectivity index (χ1v) is 7.15. The van der Waals surface area contributed by atoms with Crippen LogP contribution in [-0.2, 0) is 14.8 Å². The van der Waals surface area contributed by atoms with E-state index in [1.165, 1.54) is 23.4 Å². The number of carbonyl (C=O) groups is 1. The number of ether oxygens (including phenoxy) is 1. The minimum absolute atomic E-state index is 0.0828. The van der Waals surface area contributed by atoms with E-state index in [1.54, 1.807) is 12.1 Å². The Balaban J connectivity index is 2.43. The summed E-state index contributed by atoms with van der Waals surface area (Å²) < 4.78 is 31.4. The second-order valence-corrected chi connectivity index (χ2v) is 5.98. The van der Waals surface area contributed by atoms with Crippen LogP contribution in [0.1, 0.15) is 17.3 Å². The minimum Gasteiger partial charge on any atom is -0.379 e. The molecule has 18 heavy (non-hydrogen) atoms. The molecule has 1 heterocycles. The standard InChI is InChI=1S/C12H15NO4S/c1-10(14)11-4-2-3-5-12(11)18(15,16)13-6-8-17-9-7-13/h2-5H,6-9H2,1H3. The second kappa shape index (κ2) is 5.17. The van der Waals surface area contributed by atoms with E-state index >= 15 is 0 Å². The van der Waals surface area contributed by atoms with Crippen molar-refractivity contribution in [2.24, 2.45) is 0 Å². The smallest absolute Gasteiger partial charge is 0.243 e. The Morgan fingerprint density at radius 3 is 2.44 bits per heavy atom. The molecule has 0 aromatic heterocycles. The van der Waals surface area contributed by atoms with Gasteiger partial charge in [-0.15, -0.1) is 0 Å². The summed E-state index contributed by atoms with van der Waals surface area (Å²) in [5, 5.41) is 0. The lowest BCUT2D eigenvalue weighted by atomic mass is 10.1. The first-order chi connectivity index (χ1) is 8.53. The molecule has 0 amide bonds. The largest absolute Gasteiger partial charge is 0.379 e. The van der Waals surface area contributed by atoms with Gasteiger partial charge in [0.05, 0.1) is 18.1 Å². The lowest BCUT2D eigenvalue weighted by Gasteiger charge is -2.26. The summed E-state index contributed by atoms with van der Waals surface area (Å²) in [4.78, 5) is 11.6. The Bertz CT molecular complexity index is 547. The van der Waals surface area contributed by atoms with Gasteiger partial charge in [-0.05, 0) is 13.0 Å². The number of rotatable bonds is 3. The van der Waals surface area contributed by atoms with Gasteiger partial charge in [0.1, 0.15) is 0 Å². The summed E-state index contributed by atoms with van der Waals surface area (Å²) >= 11 is 0. The number of Topliss-reactive ketones (excluding diaryl/α,β-unsaturated/α-hetero) is 1. The molecule has 2 rings (SSSR count). The molecule has 1 aromatic rings. The van der Waals surface area contributed by atoms with Gasteiger partial charge in [-0.3, -0.25) is 4.79 Å². The number of benzene rings is 1. The predicted octanol–water partition coefficient (Wildman–Crippen LogP) is 0.910. The molecule has 1 aliphatic rings. The number of sulfonamides is 1. The summed E-state index contributed by atoms with van der Waals surface area (Å²) in [5.74, 6) is -0.248. The van der Waals surface area contributed by atoms with Crippen LogP contribution in [0.15, 0.2) is 29.2 Å². The maximum Gasteiger partial charge on any atom is 0.243 e. The molecule has 98 valence electrons. The molecular weight excluding hydrogens is 254 g/mol. The summed E-state index contributed by atoms with van der Waals surface area (Å²) in [5.41, 5.74) is 0.240. The van der Waals surface area contributed by atoms with Crippen molar-refractivity contribution in [3.8, 4) is 0 Å². The van der Waals surface area contributed by atoms with E-state index in [0.29, 0.717) is 26.3 Å². The SMILES string of the molecule is CC(=O)c1ccccc1S(=O)(=O)N1CCOCC1. The third kappa shape index (κ3) is 2.45. The Morgan fingerprint density at radius 1 is 1.22 bits per heavy atom. The highest BCUT2D eigenvalue weighted by molar-refractivity contribution is 7.89.